The molecular formula is C15H26N4O2. The Labute approximate surface area is 126 Å². The summed E-state index contributed by atoms with van der Waals surface area (Å²) in [7, 11) is 0. The second-order valence-corrected chi connectivity index (χ2v) is 5.45. The largest absolute Gasteiger partial charge is 0.481 e. The summed E-state index contributed by atoms with van der Waals surface area (Å²) in [4.78, 5) is 9.00. The maximum Gasteiger partial charge on any atom is 0.300 e. The van der Waals surface area contributed by atoms with Gasteiger partial charge in [-0.3, -0.25) is 21.7 Å². The molecule has 1 aromatic rings. The molecule has 0 atom stereocenters. The van der Waals surface area contributed by atoms with E-state index < -0.39 is 12.3 Å². The molecule has 0 amide bonds. The van der Waals surface area contributed by atoms with Gasteiger partial charge in [0.2, 0.25) is 0 Å². The van der Waals surface area contributed by atoms with Gasteiger partial charge in [0, 0.05) is 12.6 Å². The number of nitrogens with one attached hydrogen (secondary N) is 1. The number of carbonyl (C=O) groups is 1. The summed E-state index contributed by atoms with van der Waals surface area (Å²) < 4.78 is 0. The van der Waals surface area contributed by atoms with E-state index in [1.807, 2.05) is 13.0 Å². The SMILES string of the molecule is C/C(CC(C)(C)c1ccccc1)=N\NC(N)N.CC(=O)O. The van der Waals surface area contributed by atoms with E-state index >= 15 is 0 Å². The summed E-state index contributed by atoms with van der Waals surface area (Å²) in [6.07, 6.45) is 0.251. The number of nitrogens with zero attached hydrogens (tertiary/aromatic N) is 1. The van der Waals surface area contributed by atoms with Gasteiger partial charge in [-0.05, 0) is 24.3 Å². The molecular weight excluding hydrogens is 268 g/mol. The number of hydrogen-bond donors (Lipinski definition) is 4. The molecule has 0 aliphatic rings. The van der Waals surface area contributed by atoms with Crippen LogP contribution in [-0.4, -0.2) is 23.1 Å². The summed E-state index contributed by atoms with van der Waals surface area (Å²) in [6.45, 7) is 7.45. The molecule has 0 fully saturated rings. The fraction of sp³-hybridized carbons (Fsp3) is 0.467. The predicted molar refractivity (Wildman–Crippen MR) is 85.8 cm³/mol. The highest BCUT2D eigenvalue weighted by atomic mass is 16.4. The highest BCUT2D eigenvalue weighted by molar-refractivity contribution is 5.83. The molecule has 6 heteroatoms. The number of hydrogen-bond acceptors (Lipinski definition) is 5. The third kappa shape index (κ3) is 9.59. The Balaban J connectivity index is 0.000000885. The van der Waals surface area contributed by atoms with Gasteiger partial charge in [0.1, 0.15) is 6.29 Å². The van der Waals surface area contributed by atoms with Gasteiger partial charge < -0.3 is 5.11 Å². The first-order valence-corrected chi connectivity index (χ1v) is 6.70. The second-order valence-electron chi connectivity index (χ2n) is 5.45. The van der Waals surface area contributed by atoms with Crippen LogP contribution in [0.25, 0.3) is 0 Å². The van der Waals surface area contributed by atoms with Crippen LogP contribution in [0, 0.1) is 0 Å². The van der Waals surface area contributed by atoms with Crippen molar-refractivity contribution in [1.29, 1.82) is 0 Å². The average Bonchev–Trinajstić information content (AvgIpc) is 2.36. The minimum absolute atomic E-state index is 0.0508. The standard InChI is InChI=1S/C13H22N4.C2H4O2/c1-10(16-17-12(14)15)9-13(2,3)11-7-5-4-6-8-11;1-2(3)4/h4-8,12,17H,9,14-15H2,1-3H3;1H3,(H,3,4)/b16-10+;. The highest BCUT2D eigenvalue weighted by Crippen LogP contribution is 2.26. The second kappa shape index (κ2) is 9.10. The van der Waals surface area contributed by atoms with E-state index in [0.29, 0.717) is 0 Å². The number of benzene rings is 1. The van der Waals surface area contributed by atoms with Gasteiger partial charge in [0.25, 0.3) is 5.97 Å². The van der Waals surface area contributed by atoms with Gasteiger partial charge in [0.15, 0.2) is 0 Å². The van der Waals surface area contributed by atoms with Crippen LogP contribution >= 0.6 is 0 Å². The predicted octanol–water partition coefficient (Wildman–Crippen LogP) is 1.61. The zero-order chi connectivity index (χ0) is 16.5. The van der Waals surface area contributed by atoms with E-state index in [9.17, 15) is 0 Å². The third-order valence-corrected chi connectivity index (χ3v) is 2.66. The van der Waals surface area contributed by atoms with Crippen molar-refractivity contribution in [3.63, 3.8) is 0 Å². The van der Waals surface area contributed by atoms with Crippen molar-refractivity contribution in [2.45, 2.75) is 45.8 Å². The fourth-order valence-corrected chi connectivity index (χ4v) is 1.86. The van der Waals surface area contributed by atoms with Gasteiger partial charge in [-0.2, -0.15) is 5.10 Å². The quantitative estimate of drug-likeness (QED) is 0.374. The van der Waals surface area contributed by atoms with Crippen LogP contribution in [0.15, 0.2) is 35.4 Å². The summed E-state index contributed by atoms with van der Waals surface area (Å²) in [6, 6.07) is 10.4. The normalized spacial score (nSPS) is 11.7. The highest BCUT2D eigenvalue weighted by Gasteiger charge is 2.21. The van der Waals surface area contributed by atoms with Gasteiger partial charge in [0.05, 0.1) is 0 Å². The minimum atomic E-state index is -0.833. The summed E-state index contributed by atoms with van der Waals surface area (Å²) >= 11 is 0. The lowest BCUT2D eigenvalue weighted by Gasteiger charge is -2.25. The number of carboxylic acids is 1. The number of carboxylic acid groups (broad SMARTS) is 1. The molecule has 0 radical (unpaired) electrons. The van der Waals surface area contributed by atoms with E-state index in [2.05, 4.69) is 48.6 Å². The molecule has 0 spiro atoms. The Morgan fingerprint density at radius 1 is 1.29 bits per heavy atom. The monoisotopic (exact) mass is 294 g/mol. The first kappa shape index (κ1) is 19.1. The molecule has 21 heavy (non-hydrogen) atoms. The zero-order valence-corrected chi connectivity index (χ0v) is 13.1. The van der Waals surface area contributed by atoms with E-state index in [0.717, 1.165) is 19.1 Å². The molecule has 6 nitrogen and oxygen atoms in total. The molecule has 6 N–H and O–H groups in total. The van der Waals surface area contributed by atoms with Crippen LogP contribution in [-0.2, 0) is 10.2 Å². The maximum atomic E-state index is 9.00. The molecule has 1 rings (SSSR count). The van der Waals surface area contributed by atoms with Crippen LogP contribution in [0.4, 0.5) is 0 Å². The number of rotatable bonds is 5. The lowest BCUT2D eigenvalue weighted by Crippen LogP contribution is -2.42. The van der Waals surface area contributed by atoms with Crippen LogP contribution in [0.3, 0.4) is 0 Å². The van der Waals surface area contributed by atoms with Crippen molar-refractivity contribution in [1.82, 2.24) is 5.43 Å². The van der Waals surface area contributed by atoms with E-state index in [1.165, 1.54) is 5.56 Å². The number of nitrogens with two attached hydrogens (primary N) is 2. The van der Waals surface area contributed by atoms with Crippen LogP contribution in [0.1, 0.15) is 39.7 Å². The Kier molecular flexibility index (Phi) is 8.26. The molecule has 0 aromatic heterocycles. The number of aliphatic carboxylic acids is 1. The summed E-state index contributed by atoms with van der Waals surface area (Å²) in [5.74, 6) is -0.833. The maximum absolute atomic E-state index is 9.00. The summed E-state index contributed by atoms with van der Waals surface area (Å²) in [5.41, 5.74) is 15.7. The fourth-order valence-electron chi connectivity index (χ4n) is 1.86. The van der Waals surface area contributed by atoms with Gasteiger partial charge in [-0.1, -0.05) is 44.2 Å². The Morgan fingerprint density at radius 2 is 1.76 bits per heavy atom. The first-order chi connectivity index (χ1) is 9.65. The van der Waals surface area contributed by atoms with Crippen molar-refractivity contribution in [2.24, 2.45) is 16.6 Å². The number of hydrazone groups is 1. The van der Waals surface area contributed by atoms with Crippen LogP contribution in [0.2, 0.25) is 0 Å². The van der Waals surface area contributed by atoms with E-state index in [-0.39, 0.29) is 5.41 Å². The Morgan fingerprint density at radius 3 is 2.19 bits per heavy atom. The lowest BCUT2D eigenvalue weighted by atomic mass is 9.80. The topological polar surface area (TPSA) is 114 Å². The van der Waals surface area contributed by atoms with Crippen molar-refractivity contribution < 1.29 is 9.90 Å². The minimum Gasteiger partial charge on any atom is -0.481 e. The van der Waals surface area contributed by atoms with Crippen molar-refractivity contribution >= 4 is 11.7 Å². The molecule has 0 heterocycles. The van der Waals surface area contributed by atoms with Crippen molar-refractivity contribution in [2.75, 3.05) is 0 Å². The Bertz CT molecular complexity index is 452. The van der Waals surface area contributed by atoms with Gasteiger partial charge >= 0.3 is 0 Å². The average molecular weight is 294 g/mol. The van der Waals surface area contributed by atoms with E-state index in [1.54, 1.807) is 0 Å². The van der Waals surface area contributed by atoms with Crippen LogP contribution in [0.5, 0.6) is 0 Å². The van der Waals surface area contributed by atoms with Gasteiger partial charge in [-0.15, -0.1) is 0 Å². The third-order valence-electron chi connectivity index (χ3n) is 2.66. The van der Waals surface area contributed by atoms with E-state index in [4.69, 9.17) is 21.4 Å². The van der Waals surface area contributed by atoms with Crippen molar-refractivity contribution in [3.8, 4) is 0 Å². The molecule has 0 bridgehead atoms. The molecule has 1 aromatic carbocycles. The smallest absolute Gasteiger partial charge is 0.300 e. The Hall–Kier alpha value is -1.92. The summed E-state index contributed by atoms with van der Waals surface area (Å²) in [5, 5.41) is 11.6. The lowest BCUT2D eigenvalue weighted by molar-refractivity contribution is -0.134. The molecule has 0 aliphatic carbocycles. The zero-order valence-electron chi connectivity index (χ0n) is 13.1. The first-order valence-electron chi connectivity index (χ1n) is 6.70. The molecule has 0 saturated carbocycles. The molecule has 118 valence electrons. The molecule has 0 saturated heterocycles. The molecule has 0 aliphatic heterocycles. The molecule has 0 unspecified atom stereocenters. The van der Waals surface area contributed by atoms with Crippen molar-refractivity contribution in [3.05, 3.63) is 35.9 Å². The van der Waals surface area contributed by atoms with Crippen LogP contribution < -0.4 is 16.9 Å². The van der Waals surface area contributed by atoms with Gasteiger partial charge in [-0.25, -0.2) is 0 Å².